The van der Waals surface area contributed by atoms with Crippen LogP contribution in [0.2, 0.25) is 0 Å². The molecule has 0 aliphatic heterocycles. The highest BCUT2D eigenvalue weighted by molar-refractivity contribution is 5.87. The standard InChI is InChI=1S/C17H16O2/c1-2-13-7-9-15(10-8-13)16-6-4-3-5-14(16)11-12-17(18)19/h3-12H,2H2,1H3,(H,18,19)/b12-11+. The fourth-order valence-electron chi connectivity index (χ4n) is 1.99. The second-order valence-electron chi connectivity index (χ2n) is 4.31. The smallest absolute Gasteiger partial charge is 0.328 e. The first-order valence-corrected chi connectivity index (χ1v) is 6.30. The third kappa shape index (κ3) is 3.32. The lowest BCUT2D eigenvalue weighted by Gasteiger charge is -2.07. The van der Waals surface area contributed by atoms with Gasteiger partial charge in [-0.2, -0.15) is 0 Å². The molecule has 2 rings (SSSR count). The molecule has 0 saturated heterocycles. The fraction of sp³-hybridized carbons (Fsp3) is 0.118. The SMILES string of the molecule is CCc1ccc(-c2ccccc2/C=C/C(=O)O)cc1. The van der Waals surface area contributed by atoms with Crippen LogP contribution < -0.4 is 0 Å². The third-order valence-corrected chi connectivity index (χ3v) is 3.04. The number of benzene rings is 2. The average Bonchev–Trinajstić information content (AvgIpc) is 2.45. The average molecular weight is 252 g/mol. The van der Waals surface area contributed by atoms with Crippen molar-refractivity contribution in [3.05, 3.63) is 65.7 Å². The number of carboxylic acids is 1. The predicted molar refractivity (Wildman–Crippen MR) is 77.9 cm³/mol. The summed E-state index contributed by atoms with van der Waals surface area (Å²) in [6.07, 6.45) is 3.81. The van der Waals surface area contributed by atoms with Crippen molar-refractivity contribution in [1.82, 2.24) is 0 Å². The summed E-state index contributed by atoms with van der Waals surface area (Å²) in [6, 6.07) is 16.1. The molecule has 0 spiro atoms. The molecular formula is C17H16O2. The van der Waals surface area contributed by atoms with Gasteiger partial charge in [-0.25, -0.2) is 4.79 Å². The number of carbonyl (C=O) groups is 1. The van der Waals surface area contributed by atoms with Crippen LogP contribution in [-0.2, 0) is 11.2 Å². The molecule has 2 nitrogen and oxygen atoms in total. The van der Waals surface area contributed by atoms with Crippen molar-refractivity contribution in [1.29, 1.82) is 0 Å². The van der Waals surface area contributed by atoms with Crippen molar-refractivity contribution in [3.8, 4) is 11.1 Å². The molecule has 96 valence electrons. The first-order valence-electron chi connectivity index (χ1n) is 6.30. The Labute approximate surface area is 113 Å². The summed E-state index contributed by atoms with van der Waals surface area (Å²) in [5.74, 6) is -0.934. The van der Waals surface area contributed by atoms with Gasteiger partial charge in [0, 0.05) is 6.08 Å². The van der Waals surface area contributed by atoms with Gasteiger partial charge in [-0.3, -0.25) is 0 Å². The monoisotopic (exact) mass is 252 g/mol. The molecule has 0 aromatic heterocycles. The molecule has 2 heteroatoms. The van der Waals surface area contributed by atoms with E-state index < -0.39 is 5.97 Å². The molecule has 2 aromatic rings. The van der Waals surface area contributed by atoms with E-state index in [1.807, 2.05) is 24.3 Å². The zero-order valence-corrected chi connectivity index (χ0v) is 10.8. The lowest BCUT2D eigenvalue weighted by molar-refractivity contribution is -0.131. The van der Waals surface area contributed by atoms with Gasteiger partial charge in [0.15, 0.2) is 0 Å². The van der Waals surface area contributed by atoms with E-state index >= 15 is 0 Å². The Hall–Kier alpha value is -2.35. The van der Waals surface area contributed by atoms with Crippen LogP contribution in [0.4, 0.5) is 0 Å². The van der Waals surface area contributed by atoms with E-state index in [4.69, 9.17) is 5.11 Å². The highest BCUT2D eigenvalue weighted by Crippen LogP contribution is 2.25. The number of hydrogen-bond acceptors (Lipinski definition) is 1. The molecule has 0 heterocycles. The summed E-state index contributed by atoms with van der Waals surface area (Å²) in [5, 5.41) is 8.72. The van der Waals surface area contributed by atoms with Gasteiger partial charge in [0.25, 0.3) is 0 Å². The summed E-state index contributed by atoms with van der Waals surface area (Å²) in [5.41, 5.74) is 4.35. The fourth-order valence-corrected chi connectivity index (χ4v) is 1.99. The zero-order chi connectivity index (χ0) is 13.7. The van der Waals surface area contributed by atoms with Crippen molar-refractivity contribution in [2.75, 3.05) is 0 Å². The zero-order valence-electron chi connectivity index (χ0n) is 10.8. The molecule has 0 unspecified atom stereocenters. The van der Waals surface area contributed by atoms with Gasteiger partial charge in [-0.15, -0.1) is 0 Å². The number of carboxylic acid groups (broad SMARTS) is 1. The highest BCUT2D eigenvalue weighted by atomic mass is 16.4. The van der Waals surface area contributed by atoms with Crippen LogP contribution >= 0.6 is 0 Å². The van der Waals surface area contributed by atoms with Crippen LogP contribution in [0.3, 0.4) is 0 Å². The van der Waals surface area contributed by atoms with Crippen molar-refractivity contribution in [3.63, 3.8) is 0 Å². The Morgan fingerprint density at radius 1 is 1.11 bits per heavy atom. The van der Waals surface area contributed by atoms with E-state index in [9.17, 15) is 4.79 Å². The lowest BCUT2D eigenvalue weighted by atomic mass is 9.98. The largest absolute Gasteiger partial charge is 0.478 e. The predicted octanol–water partition coefficient (Wildman–Crippen LogP) is 4.01. The van der Waals surface area contributed by atoms with E-state index in [0.29, 0.717) is 0 Å². The maximum atomic E-state index is 10.6. The van der Waals surface area contributed by atoms with Gasteiger partial charge in [0.1, 0.15) is 0 Å². The van der Waals surface area contributed by atoms with Crippen molar-refractivity contribution in [2.45, 2.75) is 13.3 Å². The van der Waals surface area contributed by atoms with E-state index in [0.717, 1.165) is 23.1 Å². The molecule has 0 atom stereocenters. The molecule has 2 aromatic carbocycles. The summed E-state index contributed by atoms with van der Waals surface area (Å²) in [4.78, 5) is 10.6. The normalized spacial score (nSPS) is 10.8. The third-order valence-electron chi connectivity index (χ3n) is 3.04. The van der Waals surface area contributed by atoms with Crippen LogP contribution in [0.15, 0.2) is 54.6 Å². The minimum absolute atomic E-state index is 0.911. The summed E-state index contributed by atoms with van der Waals surface area (Å²) < 4.78 is 0. The maximum Gasteiger partial charge on any atom is 0.328 e. The van der Waals surface area contributed by atoms with Gasteiger partial charge < -0.3 is 5.11 Å². The molecule has 1 N–H and O–H groups in total. The molecule has 0 saturated carbocycles. The van der Waals surface area contributed by atoms with Gasteiger partial charge in [-0.1, -0.05) is 55.5 Å². The van der Waals surface area contributed by atoms with Crippen LogP contribution in [-0.4, -0.2) is 11.1 Å². The molecule has 0 aliphatic rings. The van der Waals surface area contributed by atoms with Gasteiger partial charge in [0.2, 0.25) is 0 Å². The Morgan fingerprint density at radius 3 is 2.42 bits per heavy atom. The topological polar surface area (TPSA) is 37.3 Å². The van der Waals surface area contributed by atoms with E-state index in [2.05, 4.69) is 31.2 Å². The number of aryl methyl sites for hydroxylation is 1. The molecule has 0 radical (unpaired) electrons. The first kappa shape index (κ1) is 13.1. The summed E-state index contributed by atoms with van der Waals surface area (Å²) >= 11 is 0. The van der Waals surface area contributed by atoms with Gasteiger partial charge in [-0.05, 0) is 34.8 Å². The van der Waals surface area contributed by atoms with Crippen LogP contribution in [0.5, 0.6) is 0 Å². The van der Waals surface area contributed by atoms with E-state index in [1.54, 1.807) is 6.08 Å². The van der Waals surface area contributed by atoms with E-state index in [1.165, 1.54) is 11.6 Å². The Kier molecular flexibility index (Phi) is 4.14. The van der Waals surface area contributed by atoms with Crippen molar-refractivity contribution >= 4 is 12.0 Å². The molecule has 0 fully saturated rings. The Bertz CT molecular complexity index is 595. The maximum absolute atomic E-state index is 10.6. The highest BCUT2D eigenvalue weighted by Gasteiger charge is 2.02. The molecular weight excluding hydrogens is 236 g/mol. The summed E-state index contributed by atoms with van der Waals surface area (Å²) in [6.45, 7) is 2.12. The van der Waals surface area contributed by atoms with Crippen LogP contribution in [0.25, 0.3) is 17.2 Å². The van der Waals surface area contributed by atoms with Gasteiger partial charge >= 0.3 is 5.97 Å². The lowest BCUT2D eigenvalue weighted by Crippen LogP contribution is -1.88. The second kappa shape index (κ2) is 6.01. The van der Waals surface area contributed by atoms with Crippen LogP contribution in [0, 0.1) is 0 Å². The van der Waals surface area contributed by atoms with Crippen LogP contribution in [0.1, 0.15) is 18.1 Å². The van der Waals surface area contributed by atoms with Crippen molar-refractivity contribution in [2.24, 2.45) is 0 Å². The Morgan fingerprint density at radius 2 is 1.79 bits per heavy atom. The Balaban J connectivity index is 2.40. The van der Waals surface area contributed by atoms with E-state index in [-0.39, 0.29) is 0 Å². The number of rotatable bonds is 4. The van der Waals surface area contributed by atoms with Crippen molar-refractivity contribution < 1.29 is 9.90 Å². The molecule has 19 heavy (non-hydrogen) atoms. The minimum atomic E-state index is -0.934. The number of aliphatic carboxylic acids is 1. The molecule has 0 amide bonds. The second-order valence-corrected chi connectivity index (χ2v) is 4.31. The molecule has 0 aliphatic carbocycles. The quantitative estimate of drug-likeness (QED) is 0.835. The minimum Gasteiger partial charge on any atom is -0.478 e. The summed E-state index contributed by atoms with van der Waals surface area (Å²) in [7, 11) is 0. The first-order chi connectivity index (χ1) is 9.20. The number of hydrogen-bond donors (Lipinski definition) is 1. The molecule has 0 bridgehead atoms. The van der Waals surface area contributed by atoms with Gasteiger partial charge in [0.05, 0.1) is 0 Å².